The lowest BCUT2D eigenvalue weighted by molar-refractivity contribution is 0.190. The van der Waals surface area contributed by atoms with Crippen LogP contribution < -0.4 is 10.6 Å². The molecular weight excluding hydrogens is 240 g/mol. The highest BCUT2D eigenvalue weighted by molar-refractivity contribution is 5.64. The number of carboxylic acid groups (broad SMARTS) is 1. The van der Waals surface area contributed by atoms with E-state index in [0.717, 1.165) is 25.9 Å². The summed E-state index contributed by atoms with van der Waals surface area (Å²) in [7, 11) is 0. The summed E-state index contributed by atoms with van der Waals surface area (Å²) in [5.74, 6) is 0.862. The molecule has 0 spiro atoms. The van der Waals surface area contributed by atoms with Crippen LogP contribution in [0.5, 0.6) is 0 Å². The van der Waals surface area contributed by atoms with Gasteiger partial charge >= 0.3 is 6.09 Å². The molecule has 4 nitrogen and oxygen atoms in total. The fraction of sp³-hybridized carbons (Fsp3) is 0.533. The van der Waals surface area contributed by atoms with Crippen LogP contribution in [0.4, 0.5) is 4.79 Å². The third kappa shape index (κ3) is 3.96. The number of amides is 1. The van der Waals surface area contributed by atoms with Crippen LogP contribution >= 0.6 is 0 Å². The number of piperidine rings is 1. The molecule has 1 aromatic carbocycles. The Kier molecular flexibility index (Phi) is 4.80. The zero-order valence-corrected chi connectivity index (χ0v) is 11.4. The van der Waals surface area contributed by atoms with Crippen molar-refractivity contribution in [1.29, 1.82) is 0 Å². The summed E-state index contributed by atoms with van der Waals surface area (Å²) in [5, 5.41) is 14.5. The SMILES string of the molecule is CCc1ccc(C2CNCC(CNC(=O)O)C2)cc1. The van der Waals surface area contributed by atoms with E-state index >= 15 is 0 Å². The van der Waals surface area contributed by atoms with Crippen LogP contribution in [0.2, 0.25) is 0 Å². The van der Waals surface area contributed by atoms with Gasteiger partial charge < -0.3 is 15.7 Å². The molecule has 1 aliphatic heterocycles. The zero-order chi connectivity index (χ0) is 13.7. The molecule has 1 aliphatic rings. The monoisotopic (exact) mass is 262 g/mol. The molecular formula is C15H22N2O2. The van der Waals surface area contributed by atoms with Gasteiger partial charge in [-0.05, 0) is 42.3 Å². The second kappa shape index (κ2) is 6.57. The zero-order valence-electron chi connectivity index (χ0n) is 11.4. The number of nitrogens with one attached hydrogen (secondary N) is 2. The molecule has 0 radical (unpaired) electrons. The first-order valence-corrected chi connectivity index (χ1v) is 6.95. The first-order chi connectivity index (χ1) is 9.19. The quantitative estimate of drug-likeness (QED) is 0.779. The van der Waals surface area contributed by atoms with Crippen LogP contribution in [-0.4, -0.2) is 30.8 Å². The van der Waals surface area contributed by atoms with Gasteiger partial charge in [-0.2, -0.15) is 0 Å². The van der Waals surface area contributed by atoms with E-state index in [0.29, 0.717) is 18.4 Å². The number of carbonyl (C=O) groups is 1. The van der Waals surface area contributed by atoms with Gasteiger partial charge in [-0.1, -0.05) is 31.2 Å². The topological polar surface area (TPSA) is 61.4 Å². The molecule has 0 aliphatic carbocycles. The Balaban J connectivity index is 1.94. The van der Waals surface area contributed by atoms with Gasteiger partial charge in [0, 0.05) is 13.1 Å². The molecule has 0 saturated carbocycles. The molecule has 1 saturated heterocycles. The first kappa shape index (κ1) is 13.9. The van der Waals surface area contributed by atoms with Gasteiger partial charge in [0.1, 0.15) is 0 Å². The summed E-state index contributed by atoms with van der Waals surface area (Å²) in [6.07, 6.45) is 1.17. The highest BCUT2D eigenvalue weighted by atomic mass is 16.4. The third-order valence-electron chi connectivity index (χ3n) is 3.84. The number of rotatable bonds is 4. The standard InChI is InChI=1S/C15H22N2O2/c1-2-11-3-5-13(6-4-11)14-7-12(8-16-10-14)9-17-15(18)19/h3-6,12,14,16-17H,2,7-10H2,1H3,(H,18,19). The minimum Gasteiger partial charge on any atom is -0.465 e. The number of benzene rings is 1. The summed E-state index contributed by atoms with van der Waals surface area (Å²) in [5.41, 5.74) is 2.71. The molecule has 2 unspecified atom stereocenters. The number of aryl methyl sites for hydroxylation is 1. The van der Waals surface area contributed by atoms with Crippen molar-refractivity contribution in [3.05, 3.63) is 35.4 Å². The Labute approximate surface area is 114 Å². The van der Waals surface area contributed by atoms with Gasteiger partial charge in [0.2, 0.25) is 0 Å². The molecule has 0 aromatic heterocycles. The van der Waals surface area contributed by atoms with Gasteiger partial charge in [-0.3, -0.25) is 0 Å². The van der Waals surface area contributed by atoms with Crippen LogP contribution in [0.1, 0.15) is 30.4 Å². The molecule has 19 heavy (non-hydrogen) atoms. The number of hydrogen-bond donors (Lipinski definition) is 3. The summed E-state index contributed by atoms with van der Waals surface area (Å²) >= 11 is 0. The largest absolute Gasteiger partial charge is 0.465 e. The molecule has 3 N–H and O–H groups in total. The average molecular weight is 262 g/mol. The van der Waals surface area contributed by atoms with Crippen molar-refractivity contribution in [2.24, 2.45) is 5.92 Å². The van der Waals surface area contributed by atoms with Crippen molar-refractivity contribution >= 4 is 6.09 Å². The van der Waals surface area contributed by atoms with Gasteiger partial charge in [0.25, 0.3) is 0 Å². The third-order valence-corrected chi connectivity index (χ3v) is 3.84. The van der Waals surface area contributed by atoms with Crippen LogP contribution in [0.3, 0.4) is 0 Å². The van der Waals surface area contributed by atoms with Gasteiger partial charge in [-0.15, -0.1) is 0 Å². The summed E-state index contributed by atoms with van der Waals surface area (Å²) < 4.78 is 0. The lowest BCUT2D eigenvalue weighted by atomic mass is 9.85. The predicted molar refractivity (Wildman–Crippen MR) is 75.6 cm³/mol. The van der Waals surface area contributed by atoms with E-state index in [1.54, 1.807) is 0 Å². The minimum atomic E-state index is -0.936. The first-order valence-electron chi connectivity index (χ1n) is 6.95. The smallest absolute Gasteiger partial charge is 0.404 e. The van der Waals surface area contributed by atoms with Crippen LogP contribution in [0.15, 0.2) is 24.3 Å². The molecule has 4 heteroatoms. The number of hydrogen-bond acceptors (Lipinski definition) is 2. The molecule has 2 rings (SSSR count). The maximum Gasteiger partial charge on any atom is 0.404 e. The van der Waals surface area contributed by atoms with Gasteiger partial charge in [0.15, 0.2) is 0 Å². The fourth-order valence-electron chi connectivity index (χ4n) is 2.70. The molecule has 104 valence electrons. The highest BCUT2D eigenvalue weighted by Gasteiger charge is 2.23. The lowest BCUT2D eigenvalue weighted by Gasteiger charge is -2.30. The van der Waals surface area contributed by atoms with Crippen molar-refractivity contribution < 1.29 is 9.90 Å². The second-order valence-electron chi connectivity index (χ2n) is 5.24. The average Bonchev–Trinajstić information content (AvgIpc) is 2.45. The molecule has 0 bridgehead atoms. The molecule has 1 heterocycles. The Hall–Kier alpha value is -1.55. The Morgan fingerprint density at radius 3 is 2.74 bits per heavy atom. The van der Waals surface area contributed by atoms with Crippen molar-refractivity contribution in [3.8, 4) is 0 Å². The van der Waals surface area contributed by atoms with E-state index in [-0.39, 0.29) is 0 Å². The normalized spacial score (nSPS) is 23.0. The molecule has 1 fully saturated rings. The van der Waals surface area contributed by atoms with Crippen molar-refractivity contribution in [3.63, 3.8) is 0 Å². The lowest BCUT2D eigenvalue weighted by Crippen LogP contribution is -2.40. The minimum absolute atomic E-state index is 0.376. The summed E-state index contributed by atoms with van der Waals surface area (Å²) in [6, 6.07) is 8.79. The second-order valence-corrected chi connectivity index (χ2v) is 5.24. The highest BCUT2D eigenvalue weighted by Crippen LogP contribution is 2.26. The van der Waals surface area contributed by atoms with E-state index in [1.165, 1.54) is 11.1 Å². The van der Waals surface area contributed by atoms with E-state index in [9.17, 15) is 4.79 Å². The van der Waals surface area contributed by atoms with Crippen LogP contribution in [-0.2, 0) is 6.42 Å². The van der Waals surface area contributed by atoms with Crippen molar-refractivity contribution in [2.45, 2.75) is 25.7 Å². The van der Waals surface area contributed by atoms with Gasteiger partial charge in [0.05, 0.1) is 0 Å². The fourth-order valence-corrected chi connectivity index (χ4v) is 2.70. The predicted octanol–water partition coefficient (Wildman–Crippen LogP) is 2.21. The molecule has 1 aromatic rings. The van der Waals surface area contributed by atoms with E-state index < -0.39 is 6.09 Å². The molecule has 1 amide bonds. The molecule has 2 atom stereocenters. The van der Waals surface area contributed by atoms with E-state index in [1.807, 2.05) is 0 Å². The Morgan fingerprint density at radius 2 is 2.11 bits per heavy atom. The van der Waals surface area contributed by atoms with E-state index in [2.05, 4.69) is 41.8 Å². The van der Waals surface area contributed by atoms with Gasteiger partial charge in [-0.25, -0.2) is 4.79 Å². The van der Waals surface area contributed by atoms with Crippen molar-refractivity contribution in [1.82, 2.24) is 10.6 Å². The van der Waals surface area contributed by atoms with Crippen molar-refractivity contribution in [2.75, 3.05) is 19.6 Å². The summed E-state index contributed by atoms with van der Waals surface area (Å²) in [6.45, 7) is 4.56. The van der Waals surface area contributed by atoms with E-state index in [4.69, 9.17) is 5.11 Å². The maximum atomic E-state index is 10.5. The Morgan fingerprint density at radius 1 is 1.37 bits per heavy atom. The maximum absolute atomic E-state index is 10.5. The summed E-state index contributed by atoms with van der Waals surface area (Å²) in [4.78, 5) is 10.5. The van der Waals surface area contributed by atoms with Crippen LogP contribution in [0, 0.1) is 5.92 Å². The van der Waals surface area contributed by atoms with Crippen LogP contribution in [0.25, 0.3) is 0 Å². The Bertz CT molecular complexity index is 417.